The Morgan fingerprint density at radius 1 is 1.21 bits per heavy atom. The molecule has 0 radical (unpaired) electrons. The van der Waals surface area contributed by atoms with Crippen molar-refractivity contribution < 1.29 is 9.90 Å². The van der Waals surface area contributed by atoms with E-state index in [2.05, 4.69) is 36.4 Å². The van der Waals surface area contributed by atoms with E-state index in [1.54, 1.807) is 0 Å². The maximum absolute atomic E-state index is 10.6. The van der Waals surface area contributed by atoms with Crippen LogP contribution < -0.4 is 0 Å². The third-order valence-corrected chi connectivity index (χ3v) is 4.48. The fourth-order valence-corrected chi connectivity index (χ4v) is 3.74. The molecule has 2 nitrogen and oxygen atoms in total. The highest BCUT2D eigenvalue weighted by Crippen LogP contribution is 2.54. The number of fused-ring (bicyclic) bond motifs is 2. The van der Waals surface area contributed by atoms with Crippen molar-refractivity contribution in [3.05, 3.63) is 60.2 Å². The first kappa shape index (κ1) is 12.2. The van der Waals surface area contributed by atoms with Gasteiger partial charge in [0, 0.05) is 6.08 Å². The molecule has 2 heteroatoms. The standard InChI is InChI=1S/C17H18O2/c18-16(19)8-4-7-15-13-9-10-14(11-13)17(15)12-5-2-1-3-6-12/h1-6,8-10,13-15,17H,7,11H2,(H,18,19). The summed E-state index contributed by atoms with van der Waals surface area (Å²) in [6, 6.07) is 10.6. The summed E-state index contributed by atoms with van der Waals surface area (Å²) in [4.78, 5) is 10.6. The van der Waals surface area contributed by atoms with E-state index >= 15 is 0 Å². The van der Waals surface area contributed by atoms with E-state index in [0.29, 0.717) is 23.7 Å². The first-order valence-corrected chi connectivity index (χ1v) is 6.88. The summed E-state index contributed by atoms with van der Waals surface area (Å²) >= 11 is 0. The van der Waals surface area contributed by atoms with E-state index < -0.39 is 5.97 Å². The van der Waals surface area contributed by atoms with E-state index in [0.717, 1.165) is 6.42 Å². The Hall–Kier alpha value is -1.83. The zero-order chi connectivity index (χ0) is 13.2. The van der Waals surface area contributed by atoms with Gasteiger partial charge in [0.2, 0.25) is 0 Å². The second kappa shape index (κ2) is 5.04. The zero-order valence-corrected chi connectivity index (χ0v) is 10.8. The van der Waals surface area contributed by atoms with Gasteiger partial charge in [-0.1, -0.05) is 48.6 Å². The molecule has 4 unspecified atom stereocenters. The fourth-order valence-electron chi connectivity index (χ4n) is 3.74. The summed E-state index contributed by atoms with van der Waals surface area (Å²) in [5.41, 5.74) is 1.40. The van der Waals surface area contributed by atoms with Gasteiger partial charge in [0.15, 0.2) is 0 Å². The molecule has 0 aromatic heterocycles. The van der Waals surface area contributed by atoms with Crippen LogP contribution in [0.2, 0.25) is 0 Å². The van der Waals surface area contributed by atoms with Crippen molar-refractivity contribution in [3.8, 4) is 0 Å². The van der Waals surface area contributed by atoms with Gasteiger partial charge in [0.1, 0.15) is 0 Å². The first-order valence-electron chi connectivity index (χ1n) is 6.88. The van der Waals surface area contributed by atoms with Crippen LogP contribution >= 0.6 is 0 Å². The second-order valence-electron chi connectivity index (χ2n) is 5.52. The van der Waals surface area contributed by atoms with E-state index in [-0.39, 0.29) is 0 Å². The van der Waals surface area contributed by atoms with Crippen LogP contribution in [0.4, 0.5) is 0 Å². The third-order valence-electron chi connectivity index (χ3n) is 4.48. The summed E-state index contributed by atoms with van der Waals surface area (Å²) in [5.74, 6) is 1.50. The molecule has 0 saturated heterocycles. The summed E-state index contributed by atoms with van der Waals surface area (Å²) in [7, 11) is 0. The monoisotopic (exact) mass is 254 g/mol. The van der Waals surface area contributed by atoms with Gasteiger partial charge in [-0.15, -0.1) is 0 Å². The largest absolute Gasteiger partial charge is 0.478 e. The molecule has 2 aliphatic carbocycles. The average Bonchev–Trinajstić information content (AvgIpc) is 3.00. The second-order valence-corrected chi connectivity index (χ2v) is 5.52. The molecule has 1 saturated carbocycles. The van der Waals surface area contributed by atoms with Gasteiger partial charge in [0.25, 0.3) is 0 Å². The maximum atomic E-state index is 10.6. The Morgan fingerprint density at radius 3 is 2.68 bits per heavy atom. The molecular formula is C17H18O2. The van der Waals surface area contributed by atoms with Crippen LogP contribution in [0.25, 0.3) is 0 Å². The predicted octanol–water partition coefficient (Wildman–Crippen LogP) is 3.62. The Balaban J connectivity index is 1.81. The molecule has 19 heavy (non-hydrogen) atoms. The van der Waals surface area contributed by atoms with Crippen LogP contribution in [0, 0.1) is 17.8 Å². The molecule has 0 spiro atoms. The minimum Gasteiger partial charge on any atom is -0.478 e. The Kier molecular flexibility index (Phi) is 3.24. The summed E-state index contributed by atoms with van der Waals surface area (Å²) < 4.78 is 0. The summed E-state index contributed by atoms with van der Waals surface area (Å²) in [5, 5.41) is 8.70. The average molecular weight is 254 g/mol. The number of hydrogen-bond acceptors (Lipinski definition) is 1. The van der Waals surface area contributed by atoms with Gasteiger partial charge < -0.3 is 5.11 Å². The lowest BCUT2D eigenvalue weighted by Gasteiger charge is -2.27. The normalized spacial score (nSPS) is 32.2. The molecule has 0 heterocycles. The van der Waals surface area contributed by atoms with Crippen molar-refractivity contribution in [1.82, 2.24) is 0 Å². The summed E-state index contributed by atoms with van der Waals surface area (Å²) in [6.07, 6.45) is 9.85. The molecule has 1 aromatic rings. The molecule has 2 aliphatic rings. The minimum absolute atomic E-state index is 0.549. The molecule has 98 valence electrons. The molecule has 4 atom stereocenters. The predicted molar refractivity (Wildman–Crippen MR) is 74.8 cm³/mol. The lowest BCUT2D eigenvalue weighted by molar-refractivity contribution is -0.131. The minimum atomic E-state index is -0.852. The third kappa shape index (κ3) is 2.35. The Morgan fingerprint density at radius 2 is 1.95 bits per heavy atom. The van der Waals surface area contributed by atoms with Crippen molar-refractivity contribution in [1.29, 1.82) is 0 Å². The van der Waals surface area contributed by atoms with Gasteiger partial charge in [-0.05, 0) is 42.1 Å². The van der Waals surface area contributed by atoms with E-state index in [1.165, 1.54) is 18.1 Å². The highest BCUT2D eigenvalue weighted by atomic mass is 16.4. The smallest absolute Gasteiger partial charge is 0.327 e. The topological polar surface area (TPSA) is 37.3 Å². The van der Waals surface area contributed by atoms with Crippen molar-refractivity contribution in [2.24, 2.45) is 17.8 Å². The van der Waals surface area contributed by atoms with Crippen molar-refractivity contribution in [2.45, 2.75) is 18.8 Å². The van der Waals surface area contributed by atoms with Crippen LogP contribution in [0.3, 0.4) is 0 Å². The molecule has 0 amide bonds. The first-order chi connectivity index (χ1) is 9.25. The van der Waals surface area contributed by atoms with Gasteiger partial charge in [-0.3, -0.25) is 0 Å². The quantitative estimate of drug-likeness (QED) is 0.658. The van der Waals surface area contributed by atoms with Crippen molar-refractivity contribution in [2.75, 3.05) is 0 Å². The van der Waals surface area contributed by atoms with Crippen LogP contribution in [-0.4, -0.2) is 11.1 Å². The molecule has 3 rings (SSSR count). The Bertz CT molecular complexity index is 515. The zero-order valence-electron chi connectivity index (χ0n) is 10.8. The number of rotatable bonds is 4. The number of aliphatic carboxylic acids is 1. The van der Waals surface area contributed by atoms with Crippen LogP contribution in [0.15, 0.2) is 54.6 Å². The van der Waals surface area contributed by atoms with Crippen LogP contribution in [-0.2, 0) is 4.79 Å². The Labute approximate surface area is 113 Å². The molecule has 1 aromatic carbocycles. The number of carboxylic acids is 1. The summed E-state index contributed by atoms with van der Waals surface area (Å²) in [6.45, 7) is 0. The number of carboxylic acid groups (broad SMARTS) is 1. The van der Waals surface area contributed by atoms with Crippen LogP contribution in [0.5, 0.6) is 0 Å². The van der Waals surface area contributed by atoms with E-state index in [9.17, 15) is 4.79 Å². The lowest BCUT2D eigenvalue weighted by atomic mass is 9.77. The number of carbonyl (C=O) groups is 1. The van der Waals surface area contributed by atoms with Gasteiger partial charge in [0.05, 0.1) is 0 Å². The van der Waals surface area contributed by atoms with Gasteiger partial charge >= 0.3 is 5.97 Å². The van der Waals surface area contributed by atoms with Crippen LogP contribution in [0.1, 0.15) is 24.3 Å². The molecule has 1 fully saturated rings. The fraction of sp³-hybridized carbons (Fsp3) is 0.353. The maximum Gasteiger partial charge on any atom is 0.327 e. The van der Waals surface area contributed by atoms with Crippen molar-refractivity contribution >= 4 is 5.97 Å². The molecular weight excluding hydrogens is 236 g/mol. The molecule has 0 aliphatic heterocycles. The molecule has 2 bridgehead atoms. The molecule has 1 N–H and O–H groups in total. The highest BCUT2D eigenvalue weighted by Gasteiger charge is 2.44. The number of allylic oxidation sites excluding steroid dienone is 3. The van der Waals surface area contributed by atoms with Gasteiger partial charge in [-0.25, -0.2) is 4.79 Å². The van der Waals surface area contributed by atoms with Gasteiger partial charge in [-0.2, -0.15) is 0 Å². The SMILES string of the molecule is O=C(O)C=CCC1C2C=CC(C2)C1c1ccccc1. The van der Waals surface area contributed by atoms with E-state index in [1.807, 2.05) is 12.1 Å². The lowest BCUT2D eigenvalue weighted by Crippen LogP contribution is -2.17. The van der Waals surface area contributed by atoms with Crippen molar-refractivity contribution in [3.63, 3.8) is 0 Å². The number of benzene rings is 1. The van der Waals surface area contributed by atoms with E-state index in [4.69, 9.17) is 5.11 Å². The highest BCUT2D eigenvalue weighted by molar-refractivity contribution is 5.79. The number of hydrogen-bond donors (Lipinski definition) is 1.